The van der Waals surface area contributed by atoms with E-state index in [-0.39, 0.29) is 0 Å². The molecule has 1 aromatic heterocycles. The Kier molecular flexibility index (Phi) is 8.00. The molecule has 4 rings (SSSR count). The number of amides is 1. The number of halogens is 1. The molecule has 0 fully saturated rings. The van der Waals surface area contributed by atoms with Crippen LogP contribution in [0.15, 0.2) is 95.5 Å². The number of rotatable bonds is 10. The second kappa shape index (κ2) is 11.5. The van der Waals surface area contributed by atoms with Crippen LogP contribution < -0.4 is 19.3 Å². The minimum Gasteiger partial charge on any atom is -0.473 e. The van der Waals surface area contributed by atoms with E-state index in [0.29, 0.717) is 36.3 Å². The van der Waals surface area contributed by atoms with Crippen LogP contribution in [0.2, 0.25) is 0 Å². The largest absolute Gasteiger partial charge is 0.473 e. The Hall–Kier alpha value is -3.84. The molecule has 0 bridgehead atoms. The molecule has 0 N–H and O–H groups in total. The Morgan fingerprint density at radius 3 is 1.97 bits per heavy atom. The normalized spacial score (nSPS) is 10.5. The van der Waals surface area contributed by atoms with Gasteiger partial charge in [-0.1, -0.05) is 76.6 Å². The van der Waals surface area contributed by atoms with Gasteiger partial charge >= 0.3 is 0 Å². The number of carbonyl (C=O) groups is 1. The van der Waals surface area contributed by atoms with Crippen LogP contribution in [0, 0.1) is 0 Å². The van der Waals surface area contributed by atoms with Gasteiger partial charge in [0.1, 0.15) is 18.9 Å². The van der Waals surface area contributed by atoms with E-state index in [2.05, 4.69) is 20.9 Å². The summed E-state index contributed by atoms with van der Waals surface area (Å²) >= 11 is 3.52. The van der Waals surface area contributed by atoms with Gasteiger partial charge in [-0.25, -0.2) is 0 Å². The molecule has 0 spiro atoms. The maximum Gasteiger partial charge on any atom is 0.242 e. The van der Waals surface area contributed by atoms with Gasteiger partial charge in [-0.15, -0.1) is 0 Å². The van der Waals surface area contributed by atoms with Gasteiger partial charge in [-0.05, 0) is 35.4 Å². The van der Waals surface area contributed by atoms with E-state index in [1.165, 1.54) is 4.90 Å². The van der Waals surface area contributed by atoms with Gasteiger partial charge in [0.15, 0.2) is 0 Å². The molecule has 0 aliphatic carbocycles. The number of ether oxygens (including phenoxy) is 2. The van der Waals surface area contributed by atoms with E-state index in [9.17, 15) is 4.79 Å². The number of pyridine rings is 1. The maximum absolute atomic E-state index is 12.4. The molecule has 0 radical (unpaired) electrons. The molecule has 0 aliphatic heterocycles. The molecule has 1 amide bonds. The third-order valence-corrected chi connectivity index (χ3v) is 5.80. The van der Waals surface area contributed by atoms with E-state index in [1.54, 1.807) is 12.1 Å². The molecule has 0 saturated carbocycles. The van der Waals surface area contributed by atoms with Crippen molar-refractivity contribution >= 4 is 39.4 Å². The molecule has 7 heteroatoms. The lowest BCUT2D eigenvalue weighted by Gasteiger charge is -2.26. The van der Waals surface area contributed by atoms with Crippen LogP contribution in [-0.2, 0) is 18.0 Å². The van der Waals surface area contributed by atoms with Gasteiger partial charge in [0, 0.05) is 24.6 Å². The van der Waals surface area contributed by atoms with E-state index in [0.717, 1.165) is 27.7 Å². The fraction of sp³-hybridized carbons (Fsp3) is 0.143. The average Bonchev–Trinajstić information content (AvgIpc) is 2.89. The van der Waals surface area contributed by atoms with E-state index < -0.39 is 0 Å². The van der Waals surface area contributed by atoms with Crippen LogP contribution >= 0.6 is 15.9 Å². The van der Waals surface area contributed by atoms with Gasteiger partial charge in [0.05, 0.1) is 11.4 Å². The van der Waals surface area contributed by atoms with Crippen molar-refractivity contribution in [3.05, 3.63) is 107 Å². The minimum absolute atomic E-state index is 0.302. The number of carbonyl (C=O) groups excluding carboxylic acids is 1. The number of anilines is 3. The summed E-state index contributed by atoms with van der Waals surface area (Å²) < 4.78 is 13.0. The third kappa shape index (κ3) is 6.19. The van der Waals surface area contributed by atoms with E-state index >= 15 is 0 Å². The van der Waals surface area contributed by atoms with E-state index in [1.807, 2.05) is 97.9 Å². The van der Waals surface area contributed by atoms with Crippen molar-refractivity contribution in [1.29, 1.82) is 0 Å². The van der Waals surface area contributed by atoms with Crippen molar-refractivity contribution in [3.63, 3.8) is 0 Å². The fourth-order valence-corrected chi connectivity index (χ4v) is 3.89. The molecule has 6 nitrogen and oxygen atoms in total. The number of nitrogens with zero attached hydrogens (tertiary/aromatic N) is 3. The van der Waals surface area contributed by atoms with Crippen molar-refractivity contribution < 1.29 is 14.3 Å². The van der Waals surface area contributed by atoms with Gasteiger partial charge in [0.2, 0.25) is 18.2 Å². The topological polar surface area (TPSA) is 54.9 Å². The smallest absolute Gasteiger partial charge is 0.242 e. The fourth-order valence-electron chi connectivity index (χ4n) is 3.55. The van der Waals surface area contributed by atoms with Gasteiger partial charge in [-0.2, -0.15) is 4.98 Å². The lowest BCUT2D eigenvalue weighted by atomic mass is 10.2. The first-order chi connectivity index (χ1) is 17.0. The van der Waals surface area contributed by atoms with Gasteiger partial charge < -0.3 is 14.4 Å². The molecule has 4 aromatic rings. The van der Waals surface area contributed by atoms with Crippen LogP contribution in [0.25, 0.3) is 0 Å². The third-order valence-electron chi connectivity index (χ3n) is 5.31. The Bertz CT molecular complexity index is 1270. The second-order valence-electron chi connectivity index (χ2n) is 8.03. The van der Waals surface area contributed by atoms with Crippen LogP contribution in [0.1, 0.15) is 11.1 Å². The first-order valence-electron chi connectivity index (χ1n) is 11.1. The monoisotopic (exact) mass is 531 g/mol. The summed E-state index contributed by atoms with van der Waals surface area (Å²) in [6.07, 6.45) is 0.771. The van der Waals surface area contributed by atoms with Crippen molar-refractivity contribution in [2.75, 3.05) is 23.9 Å². The summed E-state index contributed by atoms with van der Waals surface area (Å²) in [5.41, 5.74) is 4.12. The summed E-state index contributed by atoms with van der Waals surface area (Å²) in [5.74, 6) is 0.717. The summed E-state index contributed by atoms with van der Waals surface area (Å²) in [5, 5.41) is 0. The summed E-state index contributed by atoms with van der Waals surface area (Å²) in [4.78, 5) is 20.5. The Morgan fingerprint density at radius 1 is 0.771 bits per heavy atom. The number of hydrogen-bond donors (Lipinski definition) is 0. The molecule has 178 valence electrons. The van der Waals surface area contributed by atoms with Crippen LogP contribution in [0.4, 0.5) is 17.1 Å². The summed E-state index contributed by atoms with van der Waals surface area (Å²) in [7, 11) is 3.86. The first kappa shape index (κ1) is 24.3. The van der Waals surface area contributed by atoms with Crippen LogP contribution in [0.3, 0.4) is 0 Å². The summed E-state index contributed by atoms with van der Waals surface area (Å²) in [6.45, 7) is 0.677. The molecule has 0 aliphatic rings. The standard InChI is InChI=1S/C28H26BrN3O3/c1-31(2)26-17-23(29)13-14-24(26)32(20-33)25-15-16-27(34-18-21-9-5-3-6-10-21)30-28(25)35-19-22-11-7-4-8-12-22/h3-17,20H,18-19H2,1-2H3. The average molecular weight is 532 g/mol. The molecule has 1 heterocycles. The highest BCUT2D eigenvalue weighted by Gasteiger charge is 2.20. The highest BCUT2D eigenvalue weighted by atomic mass is 79.9. The number of benzene rings is 3. The molecule has 35 heavy (non-hydrogen) atoms. The van der Waals surface area contributed by atoms with Crippen molar-refractivity contribution in [2.45, 2.75) is 13.2 Å². The highest BCUT2D eigenvalue weighted by Crippen LogP contribution is 2.39. The molecular formula is C28H26BrN3O3. The Morgan fingerprint density at radius 2 is 1.37 bits per heavy atom. The number of aromatic nitrogens is 1. The van der Waals surface area contributed by atoms with Crippen LogP contribution in [-0.4, -0.2) is 25.5 Å². The minimum atomic E-state index is 0.302. The lowest BCUT2D eigenvalue weighted by molar-refractivity contribution is -0.106. The SMILES string of the molecule is CN(C)c1cc(Br)ccc1N(C=O)c1ccc(OCc2ccccc2)nc1OCc1ccccc1. The van der Waals surface area contributed by atoms with Gasteiger partial charge in [0.25, 0.3) is 0 Å². The van der Waals surface area contributed by atoms with Crippen molar-refractivity contribution in [1.82, 2.24) is 4.98 Å². The van der Waals surface area contributed by atoms with Gasteiger partial charge in [-0.3, -0.25) is 9.69 Å². The molecule has 0 unspecified atom stereocenters. The zero-order valence-corrected chi connectivity index (χ0v) is 21.2. The van der Waals surface area contributed by atoms with Crippen molar-refractivity contribution in [3.8, 4) is 11.8 Å². The molecule has 0 saturated heterocycles. The quantitative estimate of drug-likeness (QED) is 0.223. The number of hydrogen-bond acceptors (Lipinski definition) is 5. The molecule has 0 atom stereocenters. The molecule has 3 aromatic carbocycles. The second-order valence-corrected chi connectivity index (χ2v) is 8.94. The molecular weight excluding hydrogens is 506 g/mol. The predicted octanol–water partition coefficient (Wildman–Crippen LogP) is 6.36. The maximum atomic E-state index is 12.4. The Balaban J connectivity index is 1.69. The zero-order chi connectivity index (χ0) is 24.6. The van der Waals surface area contributed by atoms with E-state index in [4.69, 9.17) is 9.47 Å². The highest BCUT2D eigenvalue weighted by molar-refractivity contribution is 9.10. The Labute approximate surface area is 213 Å². The zero-order valence-electron chi connectivity index (χ0n) is 19.6. The van der Waals surface area contributed by atoms with Crippen molar-refractivity contribution in [2.24, 2.45) is 0 Å². The summed E-state index contributed by atoms with van der Waals surface area (Å²) in [6, 6.07) is 29.0. The van der Waals surface area contributed by atoms with Crippen LogP contribution in [0.5, 0.6) is 11.8 Å². The lowest BCUT2D eigenvalue weighted by Crippen LogP contribution is -2.20. The first-order valence-corrected chi connectivity index (χ1v) is 11.9. The predicted molar refractivity (Wildman–Crippen MR) is 142 cm³/mol.